The van der Waals surface area contributed by atoms with Crippen molar-refractivity contribution in [2.24, 2.45) is 0 Å². The fourth-order valence-corrected chi connectivity index (χ4v) is 1.53. The summed E-state index contributed by atoms with van der Waals surface area (Å²) in [6.07, 6.45) is 0. The quantitative estimate of drug-likeness (QED) is 0.488. The van der Waals surface area contributed by atoms with Gasteiger partial charge < -0.3 is 14.6 Å². The number of nitrogens with zero attached hydrogens (tertiary/aromatic N) is 1. The van der Waals surface area contributed by atoms with Gasteiger partial charge in [0.25, 0.3) is 5.69 Å². The Kier molecular flexibility index (Phi) is 3.52. The van der Waals surface area contributed by atoms with Crippen LogP contribution in [0, 0.1) is 17.0 Å². The third-order valence-electron chi connectivity index (χ3n) is 2.27. The smallest absolute Gasteiger partial charge is 0.345 e. The number of nitro groups is 1. The zero-order valence-corrected chi connectivity index (χ0v) is 9.51. The largest absolute Gasteiger partial charge is 0.504 e. The van der Waals surface area contributed by atoms with E-state index in [0.29, 0.717) is 0 Å². The molecule has 0 heterocycles. The minimum absolute atomic E-state index is 0.0102. The third-order valence-corrected chi connectivity index (χ3v) is 2.27. The number of rotatable bonds is 3. The van der Waals surface area contributed by atoms with Gasteiger partial charge in [-0.25, -0.2) is 4.79 Å². The minimum Gasteiger partial charge on any atom is -0.504 e. The van der Waals surface area contributed by atoms with E-state index in [1.165, 1.54) is 14.0 Å². The van der Waals surface area contributed by atoms with E-state index in [9.17, 15) is 20.0 Å². The molecule has 0 fully saturated rings. The molecule has 1 aromatic rings. The molecule has 0 radical (unpaired) electrons. The number of aromatic hydroxyl groups is 1. The van der Waals surface area contributed by atoms with Crippen molar-refractivity contribution in [1.29, 1.82) is 0 Å². The number of nitro benzene ring substituents is 1. The highest BCUT2D eigenvalue weighted by molar-refractivity contribution is 5.97. The Balaban J connectivity index is 3.62. The second kappa shape index (κ2) is 4.69. The summed E-state index contributed by atoms with van der Waals surface area (Å²) in [5, 5.41) is 20.3. The predicted octanol–water partition coefficient (Wildman–Crippen LogP) is 1.40. The lowest BCUT2D eigenvalue weighted by atomic mass is 10.0. The Morgan fingerprint density at radius 1 is 1.47 bits per heavy atom. The number of hydrogen-bond donors (Lipinski definition) is 1. The van der Waals surface area contributed by atoms with Crippen LogP contribution in [0.5, 0.6) is 11.5 Å². The van der Waals surface area contributed by atoms with E-state index in [4.69, 9.17) is 4.74 Å². The number of ether oxygens (including phenoxy) is 2. The van der Waals surface area contributed by atoms with E-state index in [1.54, 1.807) is 0 Å². The predicted molar refractivity (Wildman–Crippen MR) is 57.4 cm³/mol. The Morgan fingerprint density at radius 3 is 2.47 bits per heavy atom. The first-order valence-corrected chi connectivity index (χ1v) is 4.57. The standard InChI is InChI=1S/C10H11NO6/c1-5-8(10(13)17-3)6(11(14)15)4-7(12)9(5)16-2/h4,12H,1-3H3. The molecule has 92 valence electrons. The third kappa shape index (κ3) is 2.12. The molecule has 0 aliphatic heterocycles. The Morgan fingerprint density at radius 2 is 2.06 bits per heavy atom. The SMILES string of the molecule is COC(=O)c1c([N+](=O)[O-])cc(O)c(OC)c1C. The Hall–Kier alpha value is -2.31. The molecule has 1 aromatic carbocycles. The molecule has 0 aliphatic rings. The first-order valence-electron chi connectivity index (χ1n) is 4.57. The van der Waals surface area contributed by atoms with Crippen molar-refractivity contribution < 1.29 is 24.3 Å². The molecule has 0 spiro atoms. The van der Waals surface area contributed by atoms with Crippen LogP contribution in [0.15, 0.2) is 6.07 Å². The highest BCUT2D eigenvalue weighted by Crippen LogP contribution is 2.38. The van der Waals surface area contributed by atoms with Gasteiger partial charge in [-0.1, -0.05) is 0 Å². The van der Waals surface area contributed by atoms with Crippen molar-refractivity contribution in [3.63, 3.8) is 0 Å². The van der Waals surface area contributed by atoms with Crippen LogP contribution >= 0.6 is 0 Å². The van der Waals surface area contributed by atoms with Crippen molar-refractivity contribution >= 4 is 11.7 Å². The molecule has 0 aliphatic carbocycles. The molecule has 1 rings (SSSR count). The van der Waals surface area contributed by atoms with Gasteiger partial charge in [0.15, 0.2) is 11.5 Å². The zero-order chi connectivity index (χ0) is 13.2. The summed E-state index contributed by atoms with van der Waals surface area (Å²) in [7, 11) is 2.40. The van der Waals surface area contributed by atoms with Crippen molar-refractivity contribution in [3.8, 4) is 11.5 Å². The molecule has 0 saturated heterocycles. The van der Waals surface area contributed by atoms with Gasteiger partial charge in [0, 0.05) is 5.56 Å². The van der Waals surface area contributed by atoms with Gasteiger partial charge in [-0.2, -0.15) is 0 Å². The molecule has 0 unspecified atom stereocenters. The van der Waals surface area contributed by atoms with Crippen LogP contribution in [-0.2, 0) is 4.74 Å². The van der Waals surface area contributed by atoms with Crippen LogP contribution in [0.2, 0.25) is 0 Å². The fraction of sp³-hybridized carbons (Fsp3) is 0.300. The molecule has 1 N–H and O–H groups in total. The minimum atomic E-state index is -0.854. The molecule has 0 bridgehead atoms. The molecule has 17 heavy (non-hydrogen) atoms. The van der Waals surface area contributed by atoms with Gasteiger partial charge in [-0.15, -0.1) is 0 Å². The zero-order valence-electron chi connectivity index (χ0n) is 9.51. The van der Waals surface area contributed by atoms with Crippen LogP contribution in [0.4, 0.5) is 5.69 Å². The average molecular weight is 241 g/mol. The summed E-state index contributed by atoms with van der Waals surface area (Å²) in [6, 6.07) is 0.859. The molecule has 0 amide bonds. The molecule has 7 nitrogen and oxygen atoms in total. The first kappa shape index (κ1) is 12.8. The summed E-state index contributed by atoms with van der Waals surface area (Å²) in [5.41, 5.74) is -0.592. The lowest BCUT2D eigenvalue weighted by Crippen LogP contribution is -2.09. The number of carbonyl (C=O) groups excluding carboxylic acids is 1. The number of esters is 1. The maximum absolute atomic E-state index is 11.5. The molecule has 0 atom stereocenters. The lowest BCUT2D eigenvalue weighted by molar-refractivity contribution is -0.385. The monoisotopic (exact) mass is 241 g/mol. The highest BCUT2D eigenvalue weighted by Gasteiger charge is 2.28. The second-order valence-electron chi connectivity index (χ2n) is 3.20. The topological polar surface area (TPSA) is 98.9 Å². The van der Waals surface area contributed by atoms with Crippen LogP contribution in [0.1, 0.15) is 15.9 Å². The van der Waals surface area contributed by atoms with Crippen LogP contribution in [0.3, 0.4) is 0 Å². The maximum atomic E-state index is 11.5. The normalized spacial score (nSPS) is 9.82. The number of methoxy groups -OCH3 is 2. The van der Waals surface area contributed by atoms with Crippen molar-refractivity contribution in [2.45, 2.75) is 6.92 Å². The fourth-order valence-electron chi connectivity index (χ4n) is 1.53. The van der Waals surface area contributed by atoms with Crippen LogP contribution in [0.25, 0.3) is 0 Å². The summed E-state index contributed by atoms with van der Waals surface area (Å²) < 4.78 is 9.33. The van der Waals surface area contributed by atoms with E-state index in [-0.39, 0.29) is 16.9 Å². The first-order chi connectivity index (χ1) is 7.93. The van der Waals surface area contributed by atoms with Gasteiger partial charge in [0.2, 0.25) is 0 Å². The number of phenolic OH excluding ortho intramolecular Hbond substituents is 1. The number of hydrogen-bond acceptors (Lipinski definition) is 6. The maximum Gasteiger partial charge on any atom is 0.345 e. The summed E-state index contributed by atoms with van der Waals surface area (Å²) in [4.78, 5) is 21.5. The van der Waals surface area contributed by atoms with Crippen molar-refractivity contribution in [1.82, 2.24) is 0 Å². The van der Waals surface area contributed by atoms with E-state index >= 15 is 0 Å². The van der Waals surface area contributed by atoms with E-state index in [0.717, 1.165) is 13.2 Å². The van der Waals surface area contributed by atoms with E-state index in [2.05, 4.69) is 4.74 Å². The van der Waals surface area contributed by atoms with Crippen molar-refractivity contribution in [3.05, 3.63) is 27.3 Å². The summed E-state index contributed by atoms with van der Waals surface area (Å²) in [5.74, 6) is -1.24. The number of benzene rings is 1. The Bertz CT molecular complexity index is 482. The Labute approximate surface area is 96.7 Å². The summed E-state index contributed by atoms with van der Waals surface area (Å²) >= 11 is 0. The number of carbonyl (C=O) groups is 1. The van der Waals surface area contributed by atoms with Gasteiger partial charge in [0.1, 0.15) is 5.56 Å². The van der Waals surface area contributed by atoms with Gasteiger partial charge in [0.05, 0.1) is 25.2 Å². The van der Waals surface area contributed by atoms with E-state index < -0.39 is 22.3 Å². The molecule has 0 saturated carbocycles. The molecule has 0 aromatic heterocycles. The van der Waals surface area contributed by atoms with Crippen LogP contribution in [-0.4, -0.2) is 30.2 Å². The molecular formula is C10H11NO6. The summed E-state index contributed by atoms with van der Waals surface area (Å²) in [6.45, 7) is 1.43. The lowest BCUT2D eigenvalue weighted by Gasteiger charge is -2.11. The number of phenols is 1. The average Bonchev–Trinajstić information content (AvgIpc) is 2.27. The van der Waals surface area contributed by atoms with Gasteiger partial charge in [-0.05, 0) is 6.92 Å². The van der Waals surface area contributed by atoms with Gasteiger partial charge >= 0.3 is 5.97 Å². The van der Waals surface area contributed by atoms with Gasteiger partial charge in [-0.3, -0.25) is 10.1 Å². The molecule has 7 heteroatoms. The van der Waals surface area contributed by atoms with E-state index in [1.807, 2.05) is 0 Å². The second-order valence-corrected chi connectivity index (χ2v) is 3.20. The molecular weight excluding hydrogens is 230 g/mol. The highest BCUT2D eigenvalue weighted by atomic mass is 16.6. The van der Waals surface area contributed by atoms with Crippen molar-refractivity contribution in [2.75, 3.05) is 14.2 Å². The van der Waals surface area contributed by atoms with Crippen LogP contribution < -0.4 is 4.74 Å².